The van der Waals surface area contributed by atoms with Crippen LogP contribution in [0.5, 0.6) is 0 Å². The molecule has 0 aliphatic rings. The van der Waals surface area contributed by atoms with Crippen molar-refractivity contribution in [2.45, 2.75) is 12.1 Å². The van der Waals surface area contributed by atoms with Crippen LogP contribution in [0.3, 0.4) is 0 Å². The number of benzene rings is 2. The number of carbonyl (C=O) groups excluding carboxylic acids is 1. The molecule has 3 heteroatoms. The second-order valence-electron chi connectivity index (χ2n) is 4.66. The molecule has 0 radical (unpaired) electrons. The minimum atomic E-state index is -0.287. The molecule has 3 nitrogen and oxygen atoms in total. The van der Waals surface area contributed by atoms with Gasteiger partial charge in [-0.3, -0.25) is 4.79 Å². The summed E-state index contributed by atoms with van der Waals surface area (Å²) >= 11 is 0. The van der Waals surface area contributed by atoms with Gasteiger partial charge in [-0.2, -0.15) is 0 Å². The minimum absolute atomic E-state index is 0.0869. The molecule has 0 fully saturated rings. The van der Waals surface area contributed by atoms with E-state index in [4.69, 9.17) is 4.74 Å². The molecule has 0 spiro atoms. The van der Waals surface area contributed by atoms with Crippen LogP contribution in [0.4, 0.5) is 0 Å². The molecule has 0 unspecified atom stereocenters. The number of hydrogen-bond donors (Lipinski definition) is 1. The van der Waals surface area contributed by atoms with Crippen LogP contribution >= 0.6 is 0 Å². The quantitative estimate of drug-likeness (QED) is 0.814. The molecule has 0 aliphatic carbocycles. The Bertz CT molecular complexity index is 539. The molecular weight excluding hydrogens is 250 g/mol. The van der Waals surface area contributed by atoms with E-state index < -0.39 is 0 Å². The highest BCUT2D eigenvalue weighted by Crippen LogP contribution is 2.21. The number of ketones is 1. The van der Waals surface area contributed by atoms with E-state index in [1.165, 1.54) is 0 Å². The maximum Gasteiger partial charge on any atom is 0.222 e. The van der Waals surface area contributed by atoms with Gasteiger partial charge in [-0.1, -0.05) is 60.7 Å². The van der Waals surface area contributed by atoms with E-state index in [1.54, 1.807) is 7.11 Å². The molecule has 20 heavy (non-hydrogen) atoms. The molecular formula is C17H20NO2+. The number of Topliss-reactive ketones (excluding diaryl/α,β-unsaturated/α-hetero) is 1. The number of quaternary nitrogens is 1. The van der Waals surface area contributed by atoms with Crippen LogP contribution in [0.1, 0.15) is 22.0 Å². The SMILES string of the molecule is C[NH2+][C@H](C(=O)c1ccccc1)[C@H](OC)c1ccccc1. The van der Waals surface area contributed by atoms with E-state index in [0.717, 1.165) is 5.56 Å². The Morgan fingerprint density at radius 3 is 2.05 bits per heavy atom. The van der Waals surface area contributed by atoms with E-state index in [0.29, 0.717) is 5.56 Å². The number of carbonyl (C=O) groups is 1. The number of likely N-dealkylation sites (N-methyl/N-ethyl adjacent to an activating group) is 1. The summed E-state index contributed by atoms with van der Waals surface area (Å²) in [5.74, 6) is 0.0869. The lowest BCUT2D eigenvalue weighted by Gasteiger charge is -2.22. The molecule has 2 atom stereocenters. The summed E-state index contributed by atoms with van der Waals surface area (Å²) in [4.78, 5) is 12.6. The first-order valence-corrected chi connectivity index (χ1v) is 6.74. The summed E-state index contributed by atoms with van der Waals surface area (Å²) in [6, 6.07) is 18.9. The van der Waals surface area contributed by atoms with Crippen molar-refractivity contribution in [1.82, 2.24) is 0 Å². The lowest BCUT2D eigenvalue weighted by atomic mass is 9.95. The fraction of sp³-hybridized carbons (Fsp3) is 0.235. The lowest BCUT2D eigenvalue weighted by molar-refractivity contribution is -0.657. The predicted octanol–water partition coefficient (Wildman–Crippen LogP) is 1.82. The van der Waals surface area contributed by atoms with Gasteiger partial charge in [0.05, 0.1) is 7.05 Å². The van der Waals surface area contributed by atoms with Crippen LogP contribution in [-0.4, -0.2) is 26.0 Å². The zero-order chi connectivity index (χ0) is 14.4. The third-order valence-electron chi connectivity index (χ3n) is 3.43. The average molecular weight is 270 g/mol. The van der Waals surface area contributed by atoms with Gasteiger partial charge in [-0.15, -0.1) is 0 Å². The number of nitrogens with two attached hydrogens (primary N) is 1. The topological polar surface area (TPSA) is 42.9 Å². The number of ether oxygens (including phenoxy) is 1. The smallest absolute Gasteiger partial charge is 0.222 e. The second-order valence-corrected chi connectivity index (χ2v) is 4.66. The van der Waals surface area contributed by atoms with Gasteiger partial charge in [0.2, 0.25) is 5.78 Å². The average Bonchev–Trinajstić information content (AvgIpc) is 2.53. The van der Waals surface area contributed by atoms with Crippen molar-refractivity contribution in [3.63, 3.8) is 0 Å². The molecule has 0 heterocycles. The molecule has 0 saturated carbocycles. The number of hydrogen-bond acceptors (Lipinski definition) is 2. The Morgan fingerprint density at radius 2 is 1.55 bits per heavy atom. The van der Waals surface area contributed by atoms with Crippen LogP contribution in [0.25, 0.3) is 0 Å². The van der Waals surface area contributed by atoms with E-state index in [-0.39, 0.29) is 17.9 Å². The van der Waals surface area contributed by atoms with Gasteiger partial charge < -0.3 is 10.1 Å². The van der Waals surface area contributed by atoms with Gasteiger partial charge >= 0.3 is 0 Å². The summed E-state index contributed by atoms with van der Waals surface area (Å²) in [6.07, 6.45) is -0.256. The van der Waals surface area contributed by atoms with Crippen LogP contribution in [0.15, 0.2) is 60.7 Å². The van der Waals surface area contributed by atoms with Crippen molar-refractivity contribution in [1.29, 1.82) is 0 Å². The molecule has 2 aromatic carbocycles. The van der Waals surface area contributed by atoms with Gasteiger partial charge in [0.1, 0.15) is 6.10 Å². The maximum atomic E-state index is 12.6. The van der Waals surface area contributed by atoms with Crippen LogP contribution < -0.4 is 5.32 Å². The maximum absolute atomic E-state index is 12.6. The fourth-order valence-corrected chi connectivity index (χ4v) is 2.39. The summed E-state index contributed by atoms with van der Waals surface area (Å²) < 4.78 is 5.58. The Balaban J connectivity index is 2.29. The molecule has 0 saturated heterocycles. The van der Waals surface area contributed by atoms with Gasteiger partial charge in [0.25, 0.3) is 0 Å². The molecule has 0 aliphatic heterocycles. The van der Waals surface area contributed by atoms with Crippen molar-refractivity contribution in [3.8, 4) is 0 Å². The standard InChI is InChI=1S/C17H19NO2/c1-18-15(16(19)13-9-5-3-6-10-13)17(20-2)14-11-7-4-8-12-14/h3-12,15,17-18H,1-2H3/p+1/t15-,17-/m1/s1. The third kappa shape index (κ3) is 3.13. The van der Waals surface area contributed by atoms with E-state index in [1.807, 2.05) is 73.0 Å². The van der Waals surface area contributed by atoms with Gasteiger partial charge in [-0.05, 0) is 5.56 Å². The molecule has 2 rings (SSSR count). The van der Waals surface area contributed by atoms with Crippen molar-refractivity contribution in [2.75, 3.05) is 14.2 Å². The molecule has 2 aromatic rings. The van der Waals surface area contributed by atoms with Crippen molar-refractivity contribution >= 4 is 5.78 Å². The van der Waals surface area contributed by atoms with Crippen LogP contribution in [0.2, 0.25) is 0 Å². The van der Waals surface area contributed by atoms with E-state index >= 15 is 0 Å². The van der Waals surface area contributed by atoms with Crippen LogP contribution in [-0.2, 0) is 4.74 Å². The first-order valence-electron chi connectivity index (χ1n) is 6.74. The van der Waals surface area contributed by atoms with Crippen LogP contribution in [0, 0.1) is 0 Å². The summed E-state index contributed by atoms with van der Waals surface area (Å²) in [7, 11) is 3.55. The highest BCUT2D eigenvalue weighted by molar-refractivity contribution is 5.99. The highest BCUT2D eigenvalue weighted by Gasteiger charge is 2.32. The van der Waals surface area contributed by atoms with E-state index in [2.05, 4.69) is 0 Å². The third-order valence-corrected chi connectivity index (χ3v) is 3.43. The number of methoxy groups -OCH3 is 1. The first kappa shape index (κ1) is 14.4. The van der Waals surface area contributed by atoms with Crippen molar-refractivity contribution in [2.24, 2.45) is 0 Å². The normalized spacial score (nSPS) is 13.7. The Kier molecular flexibility index (Phi) is 5.04. The zero-order valence-corrected chi connectivity index (χ0v) is 11.8. The van der Waals surface area contributed by atoms with Crippen molar-refractivity contribution < 1.29 is 14.8 Å². The molecule has 104 valence electrons. The minimum Gasteiger partial charge on any atom is -0.370 e. The summed E-state index contributed by atoms with van der Waals surface area (Å²) in [5, 5.41) is 1.91. The fourth-order valence-electron chi connectivity index (χ4n) is 2.39. The van der Waals surface area contributed by atoms with Gasteiger partial charge in [0, 0.05) is 12.7 Å². The van der Waals surface area contributed by atoms with Gasteiger partial charge in [-0.25, -0.2) is 0 Å². The second kappa shape index (κ2) is 6.98. The predicted molar refractivity (Wildman–Crippen MR) is 78.6 cm³/mol. The summed E-state index contributed by atoms with van der Waals surface area (Å²) in [6.45, 7) is 0. The Labute approximate surface area is 119 Å². The van der Waals surface area contributed by atoms with Gasteiger partial charge in [0.15, 0.2) is 6.04 Å². The zero-order valence-electron chi connectivity index (χ0n) is 11.8. The van der Waals surface area contributed by atoms with Crippen molar-refractivity contribution in [3.05, 3.63) is 71.8 Å². The molecule has 0 amide bonds. The number of rotatable bonds is 6. The molecule has 0 aromatic heterocycles. The monoisotopic (exact) mass is 270 g/mol. The Hall–Kier alpha value is -1.97. The lowest BCUT2D eigenvalue weighted by Crippen LogP contribution is -2.89. The van der Waals surface area contributed by atoms with E-state index in [9.17, 15) is 4.79 Å². The largest absolute Gasteiger partial charge is 0.370 e. The molecule has 0 bridgehead atoms. The highest BCUT2D eigenvalue weighted by atomic mass is 16.5. The Morgan fingerprint density at radius 1 is 1.00 bits per heavy atom. The molecule has 2 N–H and O–H groups in total. The summed E-state index contributed by atoms with van der Waals surface area (Å²) in [5.41, 5.74) is 1.73. The first-order chi connectivity index (χ1) is 9.77.